The molecule has 2 aliphatic heterocycles. The van der Waals surface area contributed by atoms with Gasteiger partial charge in [-0.2, -0.15) is 13.2 Å². The number of halogens is 3. The number of fused-ring (bicyclic) bond motifs is 2. The molecule has 2 aromatic heterocycles. The van der Waals surface area contributed by atoms with Crippen LogP contribution in [-0.4, -0.2) is 58.1 Å². The third-order valence-corrected chi connectivity index (χ3v) is 7.07. The maximum absolute atomic E-state index is 12.4. The summed E-state index contributed by atoms with van der Waals surface area (Å²) in [6.07, 6.45) is 2.06. The van der Waals surface area contributed by atoms with E-state index < -0.39 is 12.1 Å². The Morgan fingerprint density at radius 1 is 1.02 bits per heavy atom. The highest BCUT2D eigenvalue weighted by Gasteiger charge is 2.41. The lowest BCUT2D eigenvalue weighted by molar-refractivity contribution is -0.171. The predicted molar refractivity (Wildman–Crippen MR) is 156 cm³/mol. The summed E-state index contributed by atoms with van der Waals surface area (Å²) in [6.45, 7) is 14.2. The topological polar surface area (TPSA) is 123 Å². The van der Waals surface area contributed by atoms with Crippen molar-refractivity contribution in [3.05, 3.63) is 72.1 Å². The molecule has 4 heterocycles. The Morgan fingerprint density at radius 3 is 2.12 bits per heavy atom. The van der Waals surface area contributed by atoms with Crippen molar-refractivity contribution in [1.82, 2.24) is 25.1 Å². The van der Waals surface area contributed by atoms with Gasteiger partial charge in [0.25, 0.3) is 6.02 Å². The number of nitrogens with one attached hydrogen (secondary N) is 3. The zero-order chi connectivity index (χ0) is 30.3. The molecule has 1 amide bonds. The van der Waals surface area contributed by atoms with Crippen LogP contribution in [0.15, 0.2) is 70.7 Å². The molecule has 4 rings (SSSR count). The van der Waals surface area contributed by atoms with E-state index in [0.717, 1.165) is 11.4 Å². The lowest BCUT2D eigenvalue weighted by atomic mass is 10.0. The zero-order valence-corrected chi connectivity index (χ0v) is 24.4. The first kappa shape index (κ1) is 31.7. The first-order valence-electron chi connectivity index (χ1n) is 13.2. The van der Waals surface area contributed by atoms with Crippen LogP contribution in [0.2, 0.25) is 0 Å². The predicted octanol–water partition coefficient (Wildman–Crippen LogP) is 4.21. The molecular formula is C27H37F3N8O2S. The van der Waals surface area contributed by atoms with Gasteiger partial charge < -0.3 is 21.1 Å². The smallest absolute Gasteiger partial charge is 0.465 e. The van der Waals surface area contributed by atoms with E-state index in [1.54, 1.807) is 29.2 Å². The molecule has 0 aromatic carbocycles. The van der Waals surface area contributed by atoms with Crippen molar-refractivity contribution < 1.29 is 22.7 Å². The number of thioether (sulfide) groups is 1. The first-order valence-corrected chi connectivity index (χ1v) is 14.4. The fourth-order valence-corrected chi connectivity index (χ4v) is 4.80. The number of alkyl halides is 3. The molecule has 224 valence electrons. The quantitative estimate of drug-likeness (QED) is 0.363. The third kappa shape index (κ3) is 7.48. The number of carbonyl (C=O) groups is 1. The van der Waals surface area contributed by atoms with Crippen LogP contribution < -0.4 is 21.7 Å². The molecule has 4 atom stereocenters. The molecule has 2 aromatic rings. The van der Waals surface area contributed by atoms with E-state index in [4.69, 9.17) is 15.5 Å². The van der Waals surface area contributed by atoms with Crippen LogP contribution in [0.4, 0.5) is 13.2 Å². The van der Waals surface area contributed by atoms with E-state index >= 15 is 0 Å². The highest BCUT2D eigenvalue weighted by atomic mass is 32.2. The molecule has 0 aliphatic carbocycles. The van der Waals surface area contributed by atoms with E-state index in [1.807, 2.05) is 36.9 Å². The number of hydrogen-bond donors (Lipinski definition) is 4. The number of ether oxygens (including phenoxy) is 1. The molecule has 0 spiro atoms. The van der Waals surface area contributed by atoms with E-state index in [2.05, 4.69) is 41.8 Å². The van der Waals surface area contributed by atoms with Gasteiger partial charge in [-0.05, 0) is 50.3 Å². The fraction of sp³-hybridized carbons (Fsp3) is 0.444. The highest BCUT2D eigenvalue weighted by molar-refractivity contribution is 8.02. The van der Waals surface area contributed by atoms with Crippen molar-refractivity contribution in [2.75, 3.05) is 12.9 Å². The lowest BCUT2D eigenvalue weighted by Crippen LogP contribution is -2.48. The van der Waals surface area contributed by atoms with E-state index in [-0.39, 0.29) is 35.9 Å². The van der Waals surface area contributed by atoms with Crippen LogP contribution in [0.25, 0.3) is 0 Å². The molecule has 0 saturated carbocycles. The Kier molecular flexibility index (Phi) is 10.6. The second-order valence-electron chi connectivity index (χ2n) is 9.20. The molecule has 0 unspecified atom stereocenters. The highest BCUT2D eigenvalue weighted by Crippen LogP contribution is 2.30. The number of carbonyl (C=O) groups excluding carboxylic acids is 1. The van der Waals surface area contributed by atoms with Crippen LogP contribution in [-0.2, 0) is 9.53 Å². The second kappa shape index (κ2) is 13.7. The van der Waals surface area contributed by atoms with Gasteiger partial charge in [0.15, 0.2) is 0 Å². The van der Waals surface area contributed by atoms with Crippen LogP contribution >= 0.6 is 11.8 Å². The number of hydrogen-bond acceptors (Lipinski definition) is 8. The SMILES string of the molecule is C=C(N)N[C@@H]1c2cccn2C(NC(=O)C(F)(F)F)=N[C@H]1CC.C=C(N[C@@H]1c2cccn2C(OCC)=N[C@H]1CC)SC. The summed E-state index contributed by atoms with van der Waals surface area (Å²) in [6, 6.07) is 7.82. The number of aliphatic imine (C=N–C) groups is 2. The van der Waals surface area contributed by atoms with Gasteiger partial charge in [-0.15, -0.1) is 11.8 Å². The number of aromatic nitrogens is 2. The molecule has 0 saturated heterocycles. The van der Waals surface area contributed by atoms with E-state index in [0.29, 0.717) is 24.7 Å². The normalized spacial score (nSPS) is 21.1. The number of nitrogens with zero attached hydrogens (tertiary/aromatic N) is 4. The van der Waals surface area contributed by atoms with Crippen molar-refractivity contribution in [3.8, 4) is 0 Å². The molecule has 41 heavy (non-hydrogen) atoms. The first-order chi connectivity index (χ1) is 19.4. The number of nitrogens with two attached hydrogens (primary N) is 1. The minimum atomic E-state index is -4.97. The Balaban J connectivity index is 0.000000228. The average Bonchev–Trinajstić information content (AvgIpc) is 3.61. The lowest BCUT2D eigenvalue weighted by Gasteiger charge is -2.32. The molecule has 0 bridgehead atoms. The van der Waals surface area contributed by atoms with Crippen molar-refractivity contribution in [2.24, 2.45) is 15.7 Å². The van der Waals surface area contributed by atoms with Gasteiger partial charge in [0.2, 0.25) is 5.96 Å². The molecule has 5 N–H and O–H groups in total. The summed E-state index contributed by atoms with van der Waals surface area (Å²) in [4.78, 5) is 20.0. The van der Waals surface area contributed by atoms with Gasteiger partial charge in [0.1, 0.15) is 0 Å². The van der Waals surface area contributed by atoms with Gasteiger partial charge in [-0.1, -0.05) is 27.0 Å². The number of amides is 1. The van der Waals surface area contributed by atoms with Crippen LogP contribution in [0.5, 0.6) is 0 Å². The van der Waals surface area contributed by atoms with Crippen LogP contribution in [0.3, 0.4) is 0 Å². The monoisotopic (exact) mass is 594 g/mol. The fourth-order valence-electron chi connectivity index (χ4n) is 4.56. The summed E-state index contributed by atoms with van der Waals surface area (Å²) >= 11 is 1.62. The molecule has 0 fully saturated rings. The minimum absolute atomic E-state index is 0.157. The maximum atomic E-state index is 12.4. The van der Waals surface area contributed by atoms with Crippen LogP contribution in [0.1, 0.15) is 57.1 Å². The van der Waals surface area contributed by atoms with Gasteiger partial charge in [-0.3, -0.25) is 19.2 Å². The van der Waals surface area contributed by atoms with Gasteiger partial charge in [-0.25, -0.2) is 9.98 Å². The van der Waals surface area contributed by atoms with E-state index in [9.17, 15) is 18.0 Å². The van der Waals surface area contributed by atoms with Gasteiger partial charge >= 0.3 is 12.1 Å². The minimum Gasteiger partial charge on any atom is -0.465 e. The molecule has 0 radical (unpaired) electrons. The zero-order valence-electron chi connectivity index (χ0n) is 23.5. The Bertz CT molecular complexity index is 1300. The van der Waals surface area contributed by atoms with Crippen LogP contribution in [0, 0.1) is 0 Å². The third-order valence-electron chi connectivity index (χ3n) is 6.46. The standard InChI is InChI=1S/C14H21N3OS.C13H16F3N5O/c1-5-11-13(15-10(3)19-4)12-8-7-9-17(12)14(16-11)18-6-2;1-3-8-10(18-7(2)17)9-5-4-6-21(9)12(19-8)20-11(22)13(14,15)16/h7-9,11,13,15H,3,5-6H2,1-2,4H3;4-6,8,10,18H,2-3,17H2,1H3,(H,19,20,22)/t11-,13-;8-,10-/m00/s1. The van der Waals surface area contributed by atoms with E-state index in [1.165, 1.54) is 16.5 Å². The summed E-state index contributed by atoms with van der Waals surface area (Å²) in [7, 11) is 0. The summed E-state index contributed by atoms with van der Waals surface area (Å²) in [5.74, 6) is -1.99. The van der Waals surface area contributed by atoms with Gasteiger partial charge in [0.05, 0.1) is 53.0 Å². The number of rotatable bonds is 8. The summed E-state index contributed by atoms with van der Waals surface area (Å²) in [5.41, 5.74) is 7.38. The Hall–Kier alpha value is -3.81. The van der Waals surface area contributed by atoms with Crippen molar-refractivity contribution in [3.63, 3.8) is 0 Å². The average molecular weight is 595 g/mol. The van der Waals surface area contributed by atoms with Crippen molar-refractivity contribution in [2.45, 2.75) is 64.0 Å². The molecule has 2 aliphatic rings. The molecular weight excluding hydrogens is 557 g/mol. The maximum Gasteiger partial charge on any atom is 0.471 e. The molecule has 14 heteroatoms. The summed E-state index contributed by atoms with van der Waals surface area (Å²) in [5, 5.41) is 9.18. The summed E-state index contributed by atoms with van der Waals surface area (Å²) < 4.78 is 46.3. The Labute approximate surface area is 242 Å². The van der Waals surface area contributed by atoms with Crippen molar-refractivity contribution in [1.29, 1.82) is 0 Å². The molecule has 10 nitrogen and oxygen atoms in total. The second-order valence-corrected chi connectivity index (χ2v) is 10.1. The largest absolute Gasteiger partial charge is 0.471 e. The van der Waals surface area contributed by atoms with Gasteiger partial charge in [0, 0.05) is 12.4 Å². The Morgan fingerprint density at radius 2 is 1.59 bits per heavy atom. The van der Waals surface area contributed by atoms with Crippen molar-refractivity contribution >= 4 is 29.7 Å².